The molecule has 1 unspecified atom stereocenters. The third kappa shape index (κ3) is 3.42. The zero-order chi connectivity index (χ0) is 12.8. The highest BCUT2D eigenvalue weighted by Crippen LogP contribution is 2.14. The van der Waals surface area contributed by atoms with Crippen molar-refractivity contribution in [3.8, 4) is 0 Å². The molecule has 0 aliphatic carbocycles. The fourth-order valence-corrected chi connectivity index (χ4v) is 1.43. The molecule has 0 bridgehead atoms. The SMILES string of the molecule is COCC(C)N(C)c1cc(C(=O)OC)ccn1. The first-order valence-corrected chi connectivity index (χ1v) is 5.36. The second-order valence-corrected chi connectivity index (χ2v) is 3.81. The fraction of sp³-hybridized carbons (Fsp3) is 0.500. The van der Waals surface area contributed by atoms with E-state index in [9.17, 15) is 4.79 Å². The number of hydrogen-bond acceptors (Lipinski definition) is 5. The molecule has 1 aromatic heterocycles. The van der Waals surface area contributed by atoms with Crippen LogP contribution in [0, 0.1) is 0 Å². The molecule has 1 rings (SSSR count). The first-order valence-electron chi connectivity index (χ1n) is 5.36. The average Bonchev–Trinajstić information content (AvgIpc) is 2.37. The summed E-state index contributed by atoms with van der Waals surface area (Å²) in [6.45, 7) is 2.62. The number of anilines is 1. The van der Waals surface area contributed by atoms with E-state index in [-0.39, 0.29) is 12.0 Å². The number of rotatable bonds is 5. The Bertz CT molecular complexity index is 382. The summed E-state index contributed by atoms with van der Waals surface area (Å²) in [6.07, 6.45) is 1.59. The minimum Gasteiger partial charge on any atom is -0.465 e. The standard InChI is InChI=1S/C12H18N2O3/c1-9(8-16-3)14(2)11-7-10(5-6-13-11)12(15)17-4/h5-7,9H,8H2,1-4H3. The van der Waals surface area contributed by atoms with Crippen molar-refractivity contribution in [3.05, 3.63) is 23.9 Å². The zero-order valence-electron chi connectivity index (χ0n) is 10.6. The molecular weight excluding hydrogens is 220 g/mol. The summed E-state index contributed by atoms with van der Waals surface area (Å²) in [6, 6.07) is 3.52. The summed E-state index contributed by atoms with van der Waals surface area (Å²) in [7, 11) is 4.93. The van der Waals surface area contributed by atoms with E-state index in [4.69, 9.17) is 4.74 Å². The number of carbonyl (C=O) groups excluding carboxylic acids is 1. The summed E-state index contributed by atoms with van der Waals surface area (Å²) < 4.78 is 9.75. The summed E-state index contributed by atoms with van der Waals surface area (Å²) in [5, 5.41) is 0. The molecule has 5 heteroatoms. The van der Waals surface area contributed by atoms with Gasteiger partial charge in [0.25, 0.3) is 0 Å². The van der Waals surface area contributed by atoms with Gasteiger partial charge in [0.2, 0.25) is 0 Å². The molecule has 0 aliphatic rings. The lowest BCUT2D eigenvalue weighted by Gasteiger charge is -2.25. The minimum atomic E-state index is -0.360. The van der Waals surface area contributed by atoms with Crippen molar-refractivity contribution < 1.29 is 14.3 Å². The Labute approximate surface area is 101 Å². The Morgan fingerprint density at radius 1 is 1.53 bits per heavy atom. The highest BCUT2D eigenvalue weighted by atomic mass is 16.5. The number of likely N-dealkylation sites (N-methyl/N-ethyl adjacent to an activating group) is 1. The highest BCUT2D eigenvalue weighted by Gasteiger charge is 2.13. The molecule has 0 radical (unpaired) electrons. The Morgan fingerprint density at radius 2 is 2.24 bits per heavy atom. The molecular formula is C12H18N2O3. The Balaban J connectivity index is 2.87. The molecule has 0 saturated carbocycles. The lowest BCUT2D eigenvalue weighted by atomic mass is 10.2. The van der Waals surface area contributed by atoms with E-state index in [0.717, 1.165) is 5.82 Å². The molecule has 0 amide bonds. The third-order valence-electron chi connectivity index (χ3n) is 2.60. The molecule has 0 saturated heterocycles. The van der Waals surface area contributed by atoms with E-state index < -0.39 is 0 Å². The van der Waals surface area contributed by atoms with Crippen LogP contribution in [0.3, 0.4) is 0 Å². The van der Waals surface area contributed by atoms with E-state index in [0.29, 0.717) is 12.2 Å². The number of methoxy groups -OCH3 is 2. The maximum Gasteiger partial charge on any atom is 0.338 e. The predicted molar refractivity (Wildman–Crippen MR) is 65.3 cm³/mol. The van der Waals surface area contributed by atoms with Gasteiger partial charge in [-0.3, -0.25) is 0 Å². The van der Waals surface area contributed by atoms with Crippen molar-refractivity contribution in [1.82, 2.24) is 4.98 Å². The van der Waals surface area contributed by atoms with Crippen LogP contribution in [0.1, 0.15) is 17.3 Å². The van der Waals surface area contributed by atoms with Crippen molar-refractivity contribution in [3.63, 3.8) is 0 Å². The normalized spacial score (nSPS) is 12.0. The van der Waals surface area contributed by atoms with Crippen LogP contribution in [-0.2, 0) is 9.47 Å². The predicted octanol–water partition coefficient (Wildman–Crippen LogP) is 1.34. The summed E-state index contributed by atoms with van der Waals surface area (Å²) >= 11 is 0. The van der Waals surface area contributed by atoms with Gasteiger partial charge < -0.3 is 14.4 Å². The monoisotopic (exact) mass is 238 g/mol. The smallest absolute Gasteiger partial charge is 0.338 e. The minimum absolute atomic E-state index is 0.181. The van der Waals surface area contributed by atoms with Crippen LogP contribution in [0.4, 0.5) is 5.82 Å². The molecule has 0 aliphatic heterocycles. The van der Waals surface area contributed by atoms with Gasteiger partial charge in [-0.1, -0.05) is 0 Å². The Morgan fingerprint density at radius 3 is 2.82 bits per heavy atom. The van der Waals surface area contributed by atoms with E-state index >= 15 is 0 Å². The van der Waals surface area contributed by atoms with Crippen molar-refractivity contribution in [2.24, 2.45) is 0 Å². The lowest BCUT2D eigenvalue weighted by molar-refractivity contribution is 0.0600. The average molecular weight is 238 g/mol. The maximum absolute atomic E-state index is 11.4. The molecule has 0 fully saturated rings. The Hall–Kier alpha value is -1.62. The van der Waals surface area contributed by atoms with E-state index in [1.165, 1.54) is 7.11 Å². The number of hydrogen-bond donors (Lipinski definition) is 0. The van der Waals surface area contributed by atoms with Crippen molar-refractivity contribution in [1.29, 1.82) is 0 Å². The largest absolute Gasteiger partial charge is 0.465 e. The van der Waals surface area contributed by atoms with Gasteiger partial charge in [0.15, 0.2) is 0 Å². The van der Waals surface area contributed by atoms with Crippen molar-refractivity contribution in [2.45, 2.75) is 13.0 Å². The number of nitrogens with zero attached hydrogens (tertiary/aromatic N) is 2. The van der Waals surface area contributed by atoms with Gasteiger partial charge in [-0.2, -0.15) is 0 Å². The maximum atomic E-state index is 11.4. The van der Waals surface area contributed by atoms with E-state index in [2.05, 4.69) is 9.72 Å². The second kappa shape index (κ2) is 6.20. The molecule has 94 valence electrons. The first-order chi connectivity index (χ1) is 8.10. The van der Waals surface area contributed by atoms with Gasteiger partial charge in [-0.05, 0) is 19.1 Å². The van der Waals surface area contributed by atoms with E-state index in [1.54, 1.807) is 25.4 Å². The van der Waals surface area contributed by atoms with Gasteiger partial charge >= 0.3 is 5.97 Å². The molecule has 1 atom stereocenters. The fourth-order valence-electron chi connectivity index (χ4n) is 1.43. The van der Waals surface area contributed by atoms with Crippen LogP contribution in [0.2, 0.25) is 0 Å². The molecule has 0 N–H and O–H groups in total. The quantitative estimate of drug-likeness (QED) is 0.724. The highest BCUT2D eigenvalue weighted by molar-refractivity contribution is 5.90. The van der Waals surface area contributed by atoms with Crippen LogP contribution in [0.25, 0.3) is 0 Å². The molecule has 1 heterocycles. The van der Waals surface area contributed by atoms with Crippen LogP contribution in [0.15, 0.2) is 18.3 Å². The third-order valence-corrected chi connectivity index (χ3v) is 2.60. The topological polar surface area (TPSA) is 51.7 Å². The van der Waals surface area contributed by atoms with Crippen LogP contribution < -0.4 is 4.90 Å². The summed E-state index contributed by atoms with van der Waals surface area (Å²) in [5.74, 6) is 0.360. The summed E-state index contributed by atoms with van der Waals surface area (Å²) in [5.41, 5.74) is 0.494. The van der Waals surface area contributed by atoms with Gasteiger partial charge in [0.05, 0.1) is 25.3 Å². The van der Waals surface area contributed by atoms with Crippen molar-refractivity contribution >= 4 is 11.8 Å². The molecule has 1 aromatic rings. The molecule has 17 heavy (non-hydrogen) atoms. The number of ether oxygens (including phenoxy) is 2. The van der Waals surface area contributed by atoms with Gasteiger partial charge in [-0.25, -0.2) is 9.78 Å². The summed E-state index contributed by atoms with van der Waals surface area (Å²) in [4.78, 5) is 17.6. The molecule has 0 spiro atoms. The van der Waals surface area contributed by atoms with E-state index in [1.807, 2.05) is 18.9 Å². The number of carbonyl (C=O) groups is 1. The molecule has 0 aromatic carbocycles. The second-order valence-electron chi connectivity index (χ2n) is 3.81. The molecule has 5 nitrogen and oxygen atoms in total. The number of esters is 1. The number of pyridine rings is 1. The number of aromatic nitrogens is 1. The Kier molecular flexibility index (Phi) is 4.90. The van der Waals surface area contributed by atoms with Gasteiger partial charge in [-0.15, -0.1) is 0 Å². The van der Waals surface area contributed by atoms with Gasteiger partial charge in [0.1, 0.15) is 5.82 Å². The van der Waals surface area contributed by atoms with Crippen LogP contribution >= 0.6 is 0 Å². The first kappa shape index (κ1) is 13.4. The van der Waals surface area contributed by atoms with Gasteiger partial charge in [0, 0.05) is 20.4 Å². The zero-order valence-corrected chi connectivity index (χ0v) is 10.6. The van der Waals surface area contributed by atoms with Crippen molar-refractivity contribution in [2.75, 3.05) is 32.8 Å². The van der Waals surface area contributed by atoms with Crippen LogP contribution in [-0.4, -0.2) is 44.9 Å². The lowest BCUT2D eigenvalue weighted by Crippen LogP contribution is -2.33. The van der Waals surface area contributed by atoms with Crippen LogP contribution in [0.5, 0.6) is 0 Å².